The average molecular weight is 364 g/mol. The van der Waals surface area contributed by atoms with Crippen molar-refractivity contribution in [2.24, 2.45) is 0 Å². The van der Waals surface area contributed by atoms with E-state index in [4.69, 9.17) is 4.74 Å². The van der Waals surface area contributed by atoms with Crippen LogP contribution in [0.15, 0.2) is 12.7 Å². The molecule has 0 aliphatic heterocycles. The van der Waals surface area contributed by atoms with Crippen LogP contribution in [0.2, 0.25) is 0 Å². The summed E-state index contributed by atoms with van der Waals surface area (Å²) in [6.45, 7) is 1.38. The maximum absolute atomic E-state index is 11.3. The van der Waals surface area contributed by atoms with Gasteiger partial charge in [0.1, 0.15) is 0 Å². The summed E-state index contributed by atoms with van der Waals surface area (Å²) in [6, 6.07) is 0. The standard InChI is InChI=1S/C6H11FO.C4H9FO.CHF3O.CH2F2O/c1-2-5-8-6-3-4-7;1-2-3-6-4-5;2-1(3)5-4;2-1-4-3/h2H,1,3-6H2;2-4H2,1H3;1H;1H2. The summed E-state index contributed by atoms with van der Waals surface area (Å²) in [6.07, 6.45) is 3.04. The summed E-state index contributed by atoms with van der Waals surface area (Å²) in [5, 5.41) is 0. The molecule has 23 heavy (non-hydrogen) atoms. The lowest BCUT2D eigenvalue weighted by Crippen LogP contribution is -1.93. The molecule has 144 valence electrons. The van der Waals surface area contributed by atoms with Gasteiger partial charge in [-0.05, 0) is 21.9 Å². The number of ether oxygens (including phenoxy) is 2. The molecule has 11 heteroatoms. The van der Waals surface area contributed by atoms with Crippen molar-refractivity contribution in [3.05, 3.63) is 12.7 Å². The van der Waals surface area contributed by atoms with Crippen LogP contribution < -0.4 is 0 Å². The number of hydrogen-bond donors (Lipinski definition) is 0. The van der Waals surface area contributed by atoms with Gasteiger partial charge in [0.15, 0.2) is 6.86 Å². The third kappa shape index (κ3) is 75.5. The molecule has 0 amide bonds. The Kier molecular flexibility index (Phi) is 48.8. The first-order valence-electron chi connectivity index (χ1n) is 6.25. The quantitative estimate of drug-likeness (QED) is 0.317. The minimum atomic E-state index is -3.28. The van der Waals surface area contributed by atoms with Crippen LogP contribution in [-0.2, 0) is 19.4 Å². The van der Waals surface area contributed by atoms with Gasteiger partial charge in [0.05, 0.1) is 13.3 Å². The van der Waals surface area contributed by atoms with Gasteiger partial charge in [-0.25, -0.2) is 8.78 Å². The monoisotopic (exact) mass is 364 g/mol. The van der Waals surface area contributed by atoms with E-state index in [1.54, 1.807) is 6.08 Å². The highest BCUT2D eigenvalue weighted by Crippen LogP contribution is 1.91. The number of rotatable bonds is 10. The number of hydrogen-bond acceptors (Lipinski definition) is 4. The van der Waals surface area contributed by atoms with Crippen molar-refractivity contribution < 1.29 is 50.4 Å². The molecule has 0 fully saturated rings. The van der Waals surface area contributed by atoms with Gasteiger partial charge in [-0.15, -0.1) is 11.5 Å². The highest BCUT2D eigenvalue weighted by Gasteiger charge is 1.95. The van der Waals surface area contributed by atoms with Crippen LogP contribution in [0.3, 0.4) is 0 Å². The summed E-state index contributed by atoms with van der Waals surface area (Å²) < 4.78 is 81.6. The summed E-state index contributed by atoms with van der Waals surface area (Å²) >= 11 is 0. The molecular weight excluding hydrogens is 341 g/mol. The van der Waals surface area contributed by atoms with Crippen molar-refractivity contribution >= 4 is 0 Å². The zero-order valence-corrected chi connectivity index (χ0v) is 12.8. The van der Waals surface area contributed by atoms with Crippen molar-refractivity contribution in [3.8, 4) is 0 Å². The fraction of sp³-hybridized carbons (Fsp3) is 0.833. The molecule has 0 bridgehead atoms. The van der Waals surface area contributed by atoms with E-state index < -0.39 is 20.3 Å². The minimum Gasteiger partial charge on any atom is -0.377 e. The molecule has 0 aromatic rings. The predicted octanol–water partition coefficient (Wildman–Crippen LogP) is 4.81. The second-order valence-corrected chi connectivity index (χ2v) is 2.99. The molecule has 0 saturated carbocycles. The van der Waals surface area contributed by atoms with Crippen LogP contribution >= 0.6 is 0 Å². The third-order valence-electron chi connectivity index (χ3n) is 1.19. The first-order chi connectivity index (χ1) is 11.0. The topological polar surface area (TPSA) is 36.9 Å². The van der Waals surface area contributed by atoms with Gasteiger partial charge in [0.25, 0.3) is 0 Å². The largest absolute Gasteiger partial charge is 0.377 e. The lowest BCUT2D eigenvalue weighted by atomic mass is 10.5. The average Bonchev–Trinajstić information content (AvgIpc) is 2.58. The van der Waals surface area contributed by atoms with Crippen LogP contribution in [0.25, 0.3) is 0 Å². The van der Waals surface area contributed by atoms with E-state index in [0.29, 0.717) is 26.2 Å². The molecule has 0 N–H and O–H groups in total. The first kappa shape index (κ1) is 30.0. The lowest BCUT2D eigenvalue weighted by Gasteiger charge is -1.94. The number of halogens is 7. The van der Waals surface area contributed by atoms with Crippen LogP contribution in [0, 0.1) is 0 Å². The Hall–Kier alpha value is -0.910. The number of alkyl halides is 5. The van der Waals surface area contributed by atoms with E-state index >= 15 is 0 Å². The Labute approximate surface area is 130 Å². The molecule has 0 aliphatic carbocycles. The molecule has 0 rings (SSSR count). The van der Waals surface area contributed by atoms with E-state index in [-0.39, 0.29) is 6.67 Å². The van der Waals surface area contributed by atoms with Gasteiger partial charge in [0, 0.05) is 13.2 Å². The first-order valence-corrected chi connectivity index (χ1v) is 6.25. The molecule has 0 atom stereocenters. The fourth-order valence-corrected chi connectivity index (χ4v) is 0.522. The van der Waals surface area contributed by atoms with Gasteiger partial charge >= 0.3 is 6.61 Å². The Morgan fingerprint density at radius 1 is 1.00 bits per heavy atom. The van der Waals surface area contributed by atoms with Crippen LogP contribution in [0.1, 0.15) is 19.8 Å². The normalized spacial score (nSPS) is 8.91. The summed E-state index contributed by atoms with van der Waals surface area (Å²) in [7, 11) is 0. The Bertz CT molecular complexity index is 173. The zero-order valence-electron chi connectivity index (χ0n) is 12.8. The second-order valence-electron chi connectivity index (χ2n) is 2.99. The van der Waals surface area contributed by atoms with Crippen molar-refractivity contribution in [2.75, 3.05) is 40.2 Å². The zero-order chi connectivity index (χ0) is 18.8. The minimum absolute atomic E-state index is 0.295. The third-order valence-corrected chi connectivity index (χ3v) is 1.19. The molecule has 0 aromatic heterocycles. The molecule has 0 radical (unpaired) electrons. The summed E-state index contributed by atoms with van der Waals surface area (Å²) in [5.41, 5.74) is 0. The van der Waals surface area contributed by atoms with Crippen LogP contribution in [0.5, 0.6) is 0 Å². The predicted molar refractivity (Wildman–Crippen MR) is 70.2 cm³/mol. The molecule has 0 unspecified atom stereocenters. The van der Waals surface area contributed by atoms with E-state index in [9.17, 15) is 31.0 Å². The fourth-order valence-electron chi connectivity index (χ4n) is 0.522. The summed E-state index contributed by atoms with van der Waals surface area (Å²) in [4.78, 5) is 4.29. The molecule has 0 aromatic carbocycles. The maximum atomic E-state index is 11.3. The Balaban J connectivity index is -0.000000108. The molecular formula is C12H23F7O4. The van der Waals surface area contributed by atoms with Crippen LogP contribution in [0.4, 0.5) is 31.0 Å². The van der Waals surface area contributed by atoms with E-state index in [2.05, 4.69) is 16.3 Å². The van der Waals surface area contributed by atoms with Gasteiger partial charge in [-0.3, -0.25) is 4.39 Å². The van der Waals surface area contributed by atoms with Crippen molar-refractivity contribution in [1.29, 1.82) is 0 Å². The van der Waals surface area contributed by atoms with Crippen LogP contribution in [-0.4, -0.2) is 46.8 Å². The molecule has 0 saturated heterocycles. The van der Waals surface area contributed by atoms with E-state index in [1.807, 2.05) is 11.9 Å². The van der Waals surface area contributed by atoms with Crippen molar-refractivity contribution in [1.82, 2.24) is 0 Å². The van der Waals surface area contributed by atoms with Gasteiger partial charge < -0.3 is 9.47 Å². The highest BCUT2D eigenvalue weighted by molar-refractivity contribution is 4.63. The molecule has 4 nitrogen and oxygen atoms in total. The Morgan fingerprint density at radius 2 is 1.52 bits per heavy atom. The van der Waals surface area contributed by atoms with Crippen molar-refractivity contribution in [3.63, 3.8) is 0 Å². The van der Waals surface area contributed by atoms with E-state index in [0.717, 1.165) is 6.42 Å². The second kappa shape index (κ2) is 37.4. The van der Waals surface area contributed by atoms with Gasteiger partial charge in [-0.1, -0.05) is 13.0 Å². The van der Waals surface area contributed by atoms with Gasteiger partial charge in [0.2, 0.25) is 6.86 Å². The van der Waals surface area contributed by atoms with Gasteiger partial charge in [-0.2, -0.15) is 13.7 Å². The molecule has 0 spiro atoms. The SMILES string of the molecule is C=CCOCCCF.CCCOCF.FCOF.FOC(F)F. The highest BCUT2D eigenvalue weighted by atomic mass is 19.4. The lowest BCUT2D eigenvalue weighted by molar-refractivity contribution is -0.276. The maximum Gasteiger partial charge on any atom is 0.376 e. The van der Waals surface area contributed by atoms with Crippen molar-refractivity contribution in [2.45, 2.75) is 26.4 Å². The summed E-state index contributed by atoms with van der Waals surface area (Å²) in [5.74, 6) is 0. The molecule has 0 heterocycles. The molecule has 0 aliphatic rings. The Morgan fingerprint density at radius 3 is 1.74 bits per heavy atom. The smallest absolute Gasteiger partial charge is 0.376 e. The van der Waals surface area contributed by atoms with E-state index in [1.165, 1.54) is 0 Å².